The second-order valence-electron chi connectivity index (χ2n) is 4.73. The first-order chi connectivity index (χ1) is 8.47. The summed E-state index contributed by atoms with van der Waals surface area (Å²) in [6.07, 6.45) is 0.456. The maximum Gasteiger partial charge on any atom is 0.228 e. The monoisotopic (exact) mass is 263 g/mol. The topological polar surface area (TPSA) is 37.4 Å². The Morgan fingerprint density at radius 2 is 2.11 bits per heavy atom. The Morgan fingerprint density at radius 3 is 2.72 bits per heavy atom. The number of hydrogen-bond donors (Lipinski definition) is 0. The number of hydrogen-bond acceptors (Lipinski definition) is 3. The summed E-state index contributed by atoms with van der Waals surface area (Å²) in [6.45, 7) is 6.24. The molecular formula is C14H17NO2S. The van der Waals surface area contributed by atoms with Crippen LogP contribution in [0.5, 0.6) is 0 Å². The van der Waals surface area contributed by atoms with Crippen molar-refractivity contribution in [2.24, 2.45) is 0 Å². The van der Waals surface area contributed by atoms with Gasteiger partial charge in [-0.1, -0.05) is 29.5 Å². The standard InChI is InChI=1S/C14H17NO2S/c1-9-4-5-13(10(2)6-9)15-8-12(7-14(15)17)18-11(3)16/h4-6,12H,7-8H2,1-3H3. The molecule has 4 heteroatoms. The highest BCUT2D eigenvalue weighted by molar-refractivity contribution is 8.14. The minimum Gasteiger partial charge on any atom is -0.311 e. The van der Waals surface area contributed by atoms with Crippen LogP contribution in [0.25, 0.3) is 0 Å². The zero-order valence-electron chi connectivity index (χ0n) is 10.9. The summed E-state index contributed by atoms with van der Waals surface area (Å²) < 4.78 is 0. The summed E-state index contributed by atoms with van der Waals surface area (Å²) in [5.74, 6) is 0.112. The number of anilines is 1. The maximum absolute atomic E-state index is 12.0. The van der Waals surface area contributed by atoms with Gasteiger partial charge in [-0.2, -0.15) is 0 Å². The van der Waals surface area contributed by atoms with Crippen LogP contribution < -0.4 is 4.90 Å². The van der Waals surface area contributed by atoms with Crippen molar-refractivity contribution in [1.29, 1.82) is 0 Å². The van der Waals surface area contributed by atoms with Crippen LogP contribution in [0, 0.1) is 13.8 Å². The lowest BCUT2D eigenvalue weighted by Gasteiger charge is -2.19. The molecular weight excluding hydrogens is 246 g/mol. The van der Waals surface area contributed by atoms with Crippen LogP contribution in [0.4, 0.5) is 5.69 Å². The SMILES string of the molecule is CC(=O)SC1CC(=O)N(c2ccc(C)cc2C)C1. The number of carbonyl (C=O) groups is 2. The van der Waals surface area contributed by atoms with Crippen LogP contribution in [0.3, 0.4) is 0 Å². The second kappa shape index (κ2) is 5.14. The predicted molar refractivity (Wildman–Crippen MR) is 74.9 cm³/mol. The van der Waals surface area contributed by atoms with E-state index in [9.17, 15) is 9.59 Å². The van der Waals surface area contributed by atoms with E-state index in [0.717, 1.165) is 11.3 Å². The molecule has 2 rings (SSSR count). The van der Waals surface area contributed by atoms with Crippen molar-refractivity contribution in [3.05, 3.63) is 29.3 Å². The number of carbonyl (C=O) groups excluding carboxylic acids is 2. The molecule has 1 aliphatic rings. The largest absolute Gasteiger partial charge is 0.311 e. The van der Waals surface area contributed by atoms with Crippen molar-refractivity contribution in [2.45, 2.75) is 32.4 Å². The lowest BCUT2D eigenvalue weighted by atomic mass is 10.1. The van der Waals surface area contributed by atoms with E-state index in [4.69, 9.17) is 0 Å². The fraction of sp³-hybridized carbons (Fsp3) is 0.429. The van der Waals surface area contributed by atoms with Gasteiger partial charge in [0, 0.05) is 30.8 Å². The summed E-state index contributed by atoms with van der Waals surface area (Å²) in [5, 5.41) is 0.172. The van der Waals surface area contributed by atoms with Crippen LogP contribution in [-0.4, -0.2) is 22.8 Å². The summed E-state index contributed by atoms with van der Waals surface area (Å²) in [5.41, 5.74) is 3.27. The zero-order valence-corrected chi connectivity index (χ0v) is 11.7. The van der Waals surface area contributed by atoms with E-state index in [-0.39, 0.29) is 16.3 Å². The Hall–Kier alpha value is -1.29. The van der Waals surface area contributed by atoms with Crippen molar-refractivity contribution in [3.8, 4) is 0 Å². The van der Waals surface area contributed by atoms with Gasteiger partial charge in [-0.15, -0.1) is 0 Å². The van der Waals surface area contributed by atoms with Gasteiger partial charge in [0.1, 0.15) is 0 Å². The van der Waals surface area contributed by atoms with Crippen molar-refractivity contribution in [2.75, 3.05) is 11.4 Å². The van der Waals surface area contributed by atoms with E-state index < -0.39 is 0 Å². The number of thioether (sulfide) groups is 1. The molecule has 1 aliphatic heterocycles. The average molecular weight is 263 g/mol. The third-order valence-corrected chi connectivity index (χ3v) is 4.05. The molecule has 0 radical (unpaired) electrons. The summed E-state index contributed by atoms with van der Waals surface area (Å²) in [7, 11) is 0. The molecule has 0 aliphatic carbocycles. The van der Waals surface area contributed by atoms with Gasteiger partial charge in [0.25, 0.3) is 0 Å². The average Bonchev–Trinajstić information content (AvgIpc) is 2.58. The highest BCUT2D eigenvalue weighted by Crippen LogP contribution is 2.30. The minimum atomic E-state index is 0.0790. The molecule has 0 N–H and O–H groups in total. The fourth-order valence-electron chi connectivity index (χ4n) is 2.33. The lowest BCUT2D eigenvalue weighted by Crippen LogP contribution is -2.25. The first-order valence-electron chi connectivity index (χ1n) is 6.02. The van der Waals surface area contributed by atoms with Gasteiger partial charge in [-0.25, -0.2) is 0 Å². The zero-order chi connectivity index (χ0) is 13.3. The van der Waals surface area contributed by atoms with Gasteiger partial charge in [0.05, 0.1) is 0 Å². The van der Waals surface area contributed by atoms with E-state index in [2.05, 4.69) is 6.07 Å². The number of aryl methyl sites for hydroxylation is 2. The molecule has 1 amide bonds. The van der Waals surface area contributed by atoms with Crippen LogP contribution in [0.2, 0.25) is 0 Å². The van der Waals surface area contributed by atoms with E-state index >= 15 is 0 Å². The molecule has 96 valence electrons. The molecule has 1 atom stereocenters. The summed E-state index contributed by atoms with van der Waals surface area (Å²) in [4.78, 5) is 24.9. The van der Waals surface area contributed by atoms with Crippen LogP contribution in [-0.2, 0) is 9.59 Å². The van der Waals surface area contributed by atoms with Crippen LogP contribution in [0.15, 0.2) is 18.2 Å². The number of rotatable bonds is 2. The van der Waals surface area contributed by atoms with Gasteiger partial charge in [0.2, 0.25) is 5.91 Å². The quantitative estimate of drug-likeness (QED) is 0.823. The molecule has 1 aromatic rings. The molecule has 3 nitrogen and oxygen atoms in total. The van der Waals surface area contributed by atoms with Crippen LogP contribution >= 0.6 is 11.8 Å². The Kier molecular flexibility index (Phi) is 3.76. The Labute approximate surface area is 112 Å². The van der Waals surface area contributed by atoms with Crippen molar-refractivity contribution in [3.63, 3.8) is 0 Å². The molecule has 0 saturated carbocycles. The highest BCUT2D eigenvalue weighted by atomic mass is 32.2. The first-order valence-corrected chi connectivity index (χ1v) is 6.90. The predicted octanol–water partition coefficient (Wildman–Crippen LogP) is 2.69. The Balaban J connectivity index is 2.19. The number of nitrogens with zero attached hydrogens (tertiary/aromatic N) is 1. The van der Waals surface area contributed by atoms with E-state index in [0.29, 0.717) is 13.0 Å². The van der Waals surface area contributed by atoms with E-state index in [1.165, 1.54) is 17.3 Å². The molecule has 0 bridgehead atoms. The van der Waals surface area contributed by atoms with Gasteiger partial charge >= 0.3 is 0 Å². The summed E-state index contributed by atoms with van der Waals surface area (Å²) >= 11 is 1.27. The first kappa shape index (κ1) is 13.1. The summed E-state index contributed by atoms with van der Waals surface area (Å²) in [6, 6.07) is 6.08. The molecule has 1 fully saturated rings. The molecule has 1 unspecified atom stereocenters. The molecule has 1 heterocycles. The maximum atomic E-state index is 12.0. The van der Waals surface area contributed by atoms with Crippen molar-refractivity contribution in [1.82, 2.24) is 0 Å². The minimum absolute atomic E-state index is 0.0790. The van der Waals surface area contributed by atoms with Crippen molar-refractivity contribution < 1.29 is 9.59 Å². The lowest BCUT2D eigenvalue weighted by molar-refractivity contribution is -0.117. The Morgan fingerprint density at radius 1 is 1.39 bits per heavy atom. The Bertz CT molecular complexity index is 499. The third-order valence-electron chi connectivity index (χ3n) is 3.07. The van der Waals surface area contributed by atoms with Gasteiger partial charge in [-0.3, -0.25) is 9.59 Å². The normalized spacial score (nSPS) is 19.4. The smallest absolute Gasteiger partial charge is 0.228 e. The third kappa shape index (κ3) is 2.75. The molecule has 0 spiro atoms. The highest BCUT2D eigenvalue weighted by Gasteiger charge is 2.32. The van der Waals surface area contributed by atoms with Crippen molar-refractivity contribution >= 4 is 28.5 Å². The molecule has 1 saturated heterocycles. The van der Waals surface area contributed by atoms with Crippen LogP contribution in [0.1, 0.15) is 24.5 Å². The molecule has 0 aromatic heterocycles. The van der Waals surface area contributed by atoms with Gasteiger partial charge in [-0.05, 0) is 25.5 Å². The number of benzene rings is 1. The van der Waals surface area contributed by atoms with E-state index in [1.807, 2.05) is 26.0 Å². The van der Waals surface area contributed by atoms with E-state index in [1.54, 1.807) is 11.8 Å². The number of amides is 1. The molecule has 1 aromatic carbocycles. The molecule has 18 heavy (non-hydrogen) atoms. The fourth-order valence-corrected chi connectivity index (χ4v) is 3.25. The van der Waals surface area contributed by atoms with Gasteiger partial charge in [0.15, 0.2) is 5.12 Å². The van der Waals surface area contributed by atoms with Gasteiger partial charge < -0.3 is 4.90 Å². The second-order valence-corrected chi connectivity index (χ2v) is 6.21.